The Labute approximate surface area is 204 Å². The van der Waals surface area contributed by atoms with Crippen LogP contribution in [0.2, 0.25) is 0 Å². The largest absolute Gasteiger partial charge is 0.497 e. The summed E-state index contributed by atoms with van der Waals surface area (Å²) in [5, 5.41) is 0.672. The van der Waals surface area contributed by atoms with Crippen molar-refractivity contribution in [3.63, 3.8) is 0 Å². The zero-order chi connectivity index (χ0) is 23.8. The average molecular weight is 486 g/mol. The lowest BCUT2D eigenvalue weighted by atomic mass is 10.3. The Morgan fingerprint density at radius 3 is 2.50 bits per heavy atom. The highest BCUT2D eigenvalue weighted by molar-refractivity contribution is 7.22. The second kappa shape index (κ2) is 12.0. The third kappa shape index (κ3) is 6.37. The lowest BCUT2D eigenvalue weighted by molar-refractivity contribution is -0.120. The molecule has 8 nitrogen and oxygen atoms in total. The maximum Gasteiger partial charge on any atom is 0.266 e. The van der Waals surface area contributed by atoms with E-state index in [9.17, 15) is 4.79 Å². The summed E-state index contributed by atoms with van der Waals surface area (Å²) in [7, 11) is 1.64. The van der Waals surface area contributed by atoms with Gasteiger partial charge in [0.1, 0.15) is 17.2 Å². The molecule has 2 heterocycles. The molecule has 1 aliphatic heterocycles. The predicted octanol–water partition coefficient (Wildman–Crippen LogP) is 3.84. The van der Waals surface area contributed by atoms with Gasteiger partial charge in [-0.15, -0.1) is 0 Å². The van der Waals surface area contributed by atoms with Crippen molar-refractivity contribution in [1.82, 2.24) is 9.88 Å². The molecule has 1 saturated heterocycles. The highest BCUT2D eigenvalue weighted by Crippen LogP contribution is 2.32. The van der Waals surface area contributed by atoms with E-state index in [0.29, 0.717) is 24.0 Å². The second-order valence-electron chi connectivity index (χ2n) is 7.88. The van der Waals surface area contributed by atoms with Crippen LogP contribution in [-0.2, 0) is 9.53 Å². The van der Waals surface area contributed by atoms with Crippen LogP contribution in [0.3, 0.4) is 0 Å². The monoisotopic (exact) mass is 485 g/mol. The van der Waals surface area contributed by atoms with Crippen LogP contribution < -0.4 is 19.1 Å². The van der Waals surface area contributed by atoms with Gasteiger partial charge in [0.05, 0.1) is 37.1 Å². The number of carbonyl (C=O) groups excluding carboxylic acids is 1. The fraction of sp³-hybridized carbons (Fsp3) is 0.440. The van der Waals surface area contributed by atoms with Gasteiger partial charge in [0, 0.05) is 26.2 Å². The molecule has 9 heteroatoms. The summed E-state index contributed by atoms with van der Waals surface area (Å²) in [4.78, 5) is 22.1. The molecule has 1 amide bonds. The van der Waals surface area contributed by atoms with E-state index in [1.165, 1.54) is 11.3 Å². The number of thiazole rings is 1. The molecule has 0 saturated carbocycles. The molecule has 182 valence electrons. The Morgan fingerprint density at radius 1 is 1.09 bits per heavy atom. The van der Waals surface area contributed by atoms with Gasteiger partial charge in [0.2, 0.25) is 0 Å². The Kier molecular flexibility index (Phi) is 8.56. The number of aromatic nitrogens is 1. The van der Waals surface area contributed by atoms with E-state index in [1.807, 2.05) is 49.4 Å². The molecular weight excluding hydrogens is 454 g/mol. The molecule has 0 N–H and O–H groups in total. The molecule has 0 bridgehead atoms. The molecule has 0 radical (unpaired) electrons. The summed E-state index contributed by atoms with van der Waals surface area (Å²) in [6.07, 6.45) is 0.841. The Morgan fingerprint density at radius 2 is 1.79 bits per heavy atom. The van der Waals surface area contributed by atoms with Gasteiger partial charge < -0.3 is 18.9 Å². The molecule has 3 aromatic rings. The van der Waals surface area contributed by atoms with Crippen LogP contribution in [0.1, 0.15) is 13.3 Å². The standard InChI is InChI=1S/C25H31N3O5S/c1-3-32-19-5-7-20(8-6-19)33-18-24(29)28(12-4-11-27-13-15-31-16-14-27)25-26-22-10-9-21(30-2)17-23(22)34-25/h5-10,17H,3-4,11-16,18H2,1-2H3. The Bertz CT molecular complexity index is 1070. The summed E-state index contributed by atoms with van der Waals surface area (Å²) in [6.45, 7) is 7.33. The first kappa shape index (κ1) is 24.3. The number of hydrogen-bond donors (Lipinski definition) is 0. The van der Waals surface area contributed by atoms with Gasteiger partial charge in [-0.1, -0.05) is 11.3 Å². The first-order valence-corrected chi connectivity index (χ1v) is 12.4. The van der Waals surface area contributed by atoms with Crippen LogP contribution in [0.15, 0.2) is 42.5 Å². The van der Waals surface area contributed by atoms with Crippen LogP contribution in [0, 0.1) is 0 Å². The van der Waals surface area contributed by atoms with E-state index in [-0.39, 0.29) is 12.5 Å². The number of nitrogens with zero attached hydrogens (tertiary/aromatic N) is 3. The first-order chi connectivity index (χ1) is 16.7. The van der Waals surface area contributed by atoms with E-state index in [4.69, 9.17) is 23.9 Å². The Balaban J connectivity index is 1.45. The number of hydrogen-bond acceptors (Lipinski definition) is 8. The normalized spacial score (nSPS) is 14.2. The highest BCUT2D eigenvalue weighted by Gasteiger charge is 2.21. The van der Waals surface area contributed by atoms with Crippen molar-refractivity contribution in [2.24, 2.45) is 0 Å². The van der Waals surface area contributed by atoms with Crippen LogP contribution in [0.4, 0.5) is 5.13 Å². The number of benzene rings is 2. The van der Waals surface area contributed by atoms with Crippen LogP contribution >= 0.6 is 11.3 Å². The maximum absolute atomic E-state index is 13.3. The van der Waals surface area contributed by atoms with E-state index in [1.54, 1.807) is 12.0 Å². The molecule has 4 rings (SSSR count). The molecule has 2 aromatic carbocycles. The molecule has 0 spiro atoms. The van der Waals surface area contributed by atoms with E-state index < -0.39 is 0 Å². The Hall–Kier alpha value is -2.88. The second-order valence-corrected chi connectivity index (χ2v) is 8.89. The summed E-state index contributed by atoms with van der Waals surface area (Å²) in [5.41, 5.74) is 0.846. The average Bonchev–Trinajstić information content (AvgIpc) is 3.29. The minimum absolute atomic E-state index is 0.0647. The zero-order valence-electron chi connectivity index (χ0n) is 19.7. The van der Waals surface area contributed by atoms with Gasteiger partial charge in [-0.25, -0.2) is 4.98 Å². The van der Waals surface area contributed by atoms with Crippen LogP contribution in [0.25, 0.3) is 10.2 Å². The van der Waals surface area contributed by atoms with Crippen molar-refractivity contribution in [3.05, 3.63) is 42.5 Å². The fourth-order valence-corrected chi connectivity index (χ4v) is 4.80. The van der Waals surface area contributed by atoms with Gasteiger partial charge in [-0.05, 0) is 55.8 Å². The van der Waals surface area contributed by atoms with Crippen molar-refractivity contribution in [1.29, 1.82) is 0 Å². The third-order valence-corrected chi connectivity index (χ3v) is 6.61. The maximum atomic E-state index is 13.3. The van der Waals surface area contributed by atoms with Gasteiger partial charge in [-0.3, -0.25) is 14.6 Å². The summed E-state index contributed by atoms with van der Waals surface area (Å²) < 4.78 is 23.0. The van der Waals surface area contributed by atoms with Gasteiger partial charge in [0.15, 0.2) is 11.7 Å². The number of amides is 1. The fourth-order valence-electron chi connectivity index (χ4n) is 3.76. The third-order valence-electron chi connectivity index (χ3n) is 5.57. The molecule has 1 aliphatic rings. The number of ether oxygens (including phenoxy) is 4. The smallest absolute Gasteiger partial charge is 0.266 e. The minimum atomic E-state index is -0.123. The molecule has 1 aromatic heterocycles. The first-order valence-electron chi connectivity index (χ1n) is 11.6. The molecule has 34 heavy (non-hydrogen) atoms. The SMILES string of the molecule is CCOc1ccc(OCC(=O)N(CCCN2CCOCC2)c2nc3ccc(OC)cc3s2)cc1. The lowest BCUT2D eigenvalue weighted by Crippen LogP contribution is -2.40. The van der Waals surface area contributed by atoms with Gasteiger partial charge in [-0.2, -0.15) is 0 Å². The molecule has 1 fully saturated rings. The topological polar surface area (TPSA) is 73.4 Å². The lowest BCUT2D eigenvalue weighted by Gasteiger charge is -2.27. The number of methoxy groups -OCH3 is 1. The highest BCUT2D eigenvalue weighted by atomic mass is 32.1. The van der Waals surface area contributed by atoms with Gasteiger partial charge >= 0.3 is 0 Å². The molecule has 0 atom stereocenters. The van der Waals surface area contributed by atoms with Crippen LogP contribution in [0.5, 0.6) is 17.2 Å². The predicted molar refractivity (Wildman–Crippen MR) is 134 cm³/mol. The number of fused-ring (bicyclic) bond motifs is 1. The summed E-state index contributed by atoms with van der Waals surface area (Å²) in [6, 6.07) is 13.0. The minimum Gasteiger partial charge on any atom is -0.497 e. The van der Waals surface area contributed by atoms with Crippen molar-refractivity contribution < 1.29 is 23.7 Å². The summed E-state index contributed by atoms with van der Waals surface area (Å²) in [5.74, 6) is 2.04. The van der Waals surface area contributed by atoms with Crippen molar-refractivity contribution in [2.75, 3.05) is 64.6 Å². The molecular formula is C25H31N3O5S. The molecule has 0 unspecified atom stereocenters. The van der Waals surface area contributed by atoms with Crippen molar-refractivity contribution >= 4 is 32.6 Å². The van der Waals surface area contributed by atoms with Crippen molar-refractivity contribution in [3.8, 4) is 17.2 Å². The quantitative estimate of drug-likeness (QED) is 0.409. The number of carbonyl (C=O) groups is 1. The van der Waals surface area contributed by atoms with E-state index in [0.717, 1.165) is 61.0 Å². The summed E-state index contributed by atoms with van der Waals surface area (Å²) >= 11 is 1.49. The molecule has 0 aliphatic carbocycles. The van der Waals surface area contributed by atoms with Crippen molar-refractivity contribution in [2.45, 2.75) is 13.3 Å². The number of rotatable bonds is 11. The van der Waals surface area contributed by atoms with Gasteiger partial charge in [0.25, 0.3) is 5.91 Å². The van der Waals surface area contributed by atoms with Crippen LogP contribution in [-0.4, -0.2) is 75.5 Å². The number of morpholine rings is 1. The zero-order valence-corrected chi connectivity index (χ0v) is 20.5. The van der Waals surface area contributed by atoms with E-state index in [2.05, 4.69) is 4.90 Å². The van der Waals surface area contributed by atoms with E-state index >= 15 is 0 Å². The number of anilines is 1.